The topological polar surface area (TPSA) is 78.9 Å². The second-order valence-corrected chi connectivity index (χ2v) is 8.60. The summed E-state index contributed by atoms with van der Waals surface area (Å²) in [4.78, 5) is 17.8. The van der Waals surface area contributed by atoms with Gasteiger partial charge in [-0.1, -0.05) is 35.1 Å². The molecule has 1 unspecified atom stereocenters. The van der Waals surface area contributed by atoms with Crippen LogP contribution in [0.1, 0.15) is 17.7 Å². The second kappa shape index (κ2) is 7.51. The molecule has 7 nitrogen and oxygen atoms in total. The van der Waals surface area contributed by atoms with E-state index in [-0.39, 0.29) is 12.2 Å². The minimum Gasteiger partial charge on any atom is -0.485 e. The van der Waals surface area contributed by atoms with Gasteiger partial charge in [-0.3, -0.25) is 4.79 Å². The van der Waals surface area contributed by atoms with Crippen molar-refractivity contribution in [2.24, 2.45) is 0 Å². The largest absolute Gasteiger partial charge is 0.485 e. The molecule has 1 atom stereocenters. The maximum atomic E-state index is 12.9. The van der Waals surface area contributed by atoms with Gasteiger partial charge in [0, 0.05) is 16.7 Å². The predicted octanol–water partition coefficient (Wildman–Crippen LogP) is 4.12. The maximum Gasteiger partial charge on any atom is 0.291 e. The van der Waals surface area contributed by atoms with Crippen molar-refractivity contribution in [3.05, 3.63) is 92.2 Å². The Morgan fingerprint density at radius 2 is 1.88 bits per heavy atom. The molecule has 1 aliphatic rings. The zero-order valence-electron chi connectivity index (χ0n) is 16.4. The van der Waals surface area contributed by atoms with Gasteiger partial charge in [-0.25, -0.2) is 0 Å². The van der Waals surface area contributed by atoms with Crippen LogP contribution in [0, 0.1) is 0 Å². The van der Waals surface area contributed by atoms with Crippen LogP contribution in [-0.4, -0.2) is 21.2 Å². The van der Waals surface area contributed by atoms with Crippen molar-refractivity contribution in [3.8, 4) is 22.8 Å². The van der Waals surface area contributed by atoms with Crippen LogP contribution in [0.2, 0.25) is 5.02 Å². The lowest BCUT2D eigenvalue weighted by atomic mass is 10.2. The van der Waals surface area contributed by atoms with Gasteiger partial charge in [0.1, 0.15) is 22.7 Å². The fourth-order valence-corrected chi connectivity index (χ4v) is 4.48. The smallest absolute Gasteiger partial charge is 0.291 e. The van der Waals surface area contributed by atoms with Crippen molar-refractivity contribution < 1.29 is 13.9 Å². The molecule has 158 valence electrons. The van der Waals surface area contributed by atoms with Gasteiger partial charge < -0.3 is 13.9 Å². The van der Waals surface area contributed by atoms with Crippen LogP contribution in [-0.2, 0) is 0 Å². The molecule has 6 rings (SSSR count). The molecule has 9 heteroatoms. The Balaban J connectivity index is 1.30. The van der Waals surface area contributed by atoms with Crippen molar-refractivity contribution in [1.82, 2.24) is 14.6 Å². The highest BCUT2D eigenvalue weighted by molar-refractivity contribution is 7.15. The summed E-state index contributed by atoms with van der Waals surface area (Å²) in [7, 11) is 0. The molecule has 0 saturated carbocycles. The third-order valence-electron chi connectivity index (χ3n) is 5.02. The van der Waals surface area contributed by atoms with Crippen LogP contribution in [0.4, 0.5) is 0 Å². The number of aromatic nitrogens is 3. The Labute approximate surface area is 190 Å². The van der Waals surface area contributed by atoms with Crippen LogP contribution in [0.5, 0.6) is 11.5 Å². The molecular weight excluding hydrogens is 450 g/mol. The number of para-hydroxylation sites is 2. The third-order valence-corrected chi connectivity index (χ3v) is 6.23. The molecule has 0 saturated heterocycles. The van der Waals surface area contributed by atoms with Gasteiger partial charge in [-0.05, 0) is 48.5 Å². The van der Waals surface area contributed by atoms with E-state index in [9.17, 15) is 4.79 Å². The summed E-state index contributed by atoms with van der Waals surface area (Å²) >= 11 is 7.18. The number of furan rings is 1. The minimum atomic E-state index is -0.476. The highest BCUT2D eigenvalue weighted by Gasteiger charge is 2.27. The molecule has 0 aliphatic carbocycles. The minimum absolute atomic E-state index is 0.259. The van der Waals surface area contributed by atoms with Crippen LogP contribution in [0.15, 0.2) is 69.9 Å². The number of ether oxygens (including phenoxy) is 2. The van der Waals surface area contributed by atoms with Crippen molar-refractivity contribution in [2.45, 2.75) is 6.10 Å². The van der Waals surface area contributed by atoms with Gasteiger partial charge in [0.05, 0.1) is 0 Å². The van der Waals surface area contributed by atoms with Crippen molar-refractivity contribution in [3.63, 3.8) is 0 Å². The molecule has 32 heavy (non-hydrogen) atoms. The lowest BCUT2D eigenvalue weighted by Crippen LogP contribution is -2.26. The van der Waals surface area contributed by atoms with Crippen molar-refractivity contribution >= 4 is 34.0 Å². The molecule has 0 fully saturated rings. The van der Waals surface area contributed by atoms with Crippen LogP contribution >= 0.6 is 22.9 Å². The van der Waals surface area contributed by atoms with E-state index in [0.29, 0.717) is 43.4 Å². The molecule has 4 heterocycles. The SMILES string of the molecule is O=c1/c(=C\c2ccc(-c3ccc(Cl)cc3)o2)sc2nc(C3COc4ccccc4O3)nn12. The van der Waals surface area contributed by atoms with Gasteiger partial charge in [0.15, 0.2) is 23.4 Å². The first-order valence-corrected chi connectivity index (χ1v) is 11.0. The molecule has 2 aromatic carbocycles. The Bertz CT molecular complexity index is 1550. The molecule has 3 aromatic heterocycles. The molecule has 0 spiro atoms. The fraction of sp³-hybridized carbons (Fsp3) is 0.0870. The second-order valence-electron chi connectivity index (χ2n) is 7.15. The van der Waals surface area contributed by atoms with Gasteiger partial charge >= 0.3 is 0 Å². The first-order valence-electron chi connectivity index (χ1n) is 9.79. The number of nitrogens with zero attached hydrogens (tertiary/aromatic N) is 3. The lowest BCUT2D eigenvalue weighted by Gasteiger charge is -2.24. The lowest BCUT2D eigenvalue weighted by molar-refractivity contribution is 0.0852. The third kappa shape index (κ3) is 3.34. The molecule has 0 radical (unpaired) electrons. The first kappa shape index (κ1) is 19.1. The number of hydrogen-bond donors (Lipinski definition) is 0. The Kier molecular flexibility index (Phi) is 4.48. The molecule has 0 N–H and O–H groups in total. The summed E-state index contributed by atoms with van der Waals surface area (Å²) in [5.41, 5.74) is 0.644. The fourth-order valence-electron chi connectivity index (χ4n) is 3.46. The molecule has 1 aliphatic heterocycles. The number of halogens is 1. The summed E-state index contributed by atoms with van der Waals surface area (Å²) < 4.78 is 19.3. The number of benzene rings is 2. The van der Waals surface area contributed by atoms with Gasteiger partial charge in [0.25, 0.3) is 5.56 Å². The standard InChI is InChI=1S/C23H14ClN3O4S/c24-14-7-5-13(6-8-14)16-10-9-15(30-16)11-20-22(28)27-23(32-20)25-21(26-27)19-12-29-17-3-1-2-4-18(17)31-19/h1-11,19H,12H2/b20-11+. The first-order chi connectivity index (χ1) is 15.6. The summed E-state index contributed by atoms with van der Waals surface area (Å²) in [5.74, 6) is 2.99. The monoisotopic (exact) mass is 463 g/mol. The quantitative estimate of drug-likeness (QED) is 0.400. The average molecular weight is 464 g/mol. The normalized spacial score (nSPS) is 16.0. The van der Waals surface area contributed by atoms with Crippen molar-refractivity contribution in [1.29, 1.82) is 0 Å². The Hall–Kier alpha value is -3.62. The van der Waals surface area contributed by atoms with E-state index in [2.05, 4.69) is 10.1 Å². The van der Waals surface area contributed by atoms with Crippen LogP contribution < -0.4 is 19.6 Å². The van der Waals surface area contributed by atoms with E-state index in [1.165, 1.54) is 15.9 Å². The van der Waals surface area contributed by atoms with E-state index in [1.54, 1.807) is 18.2 Å². The van der Waals surface area contributed by atoms with Gasteiger partial charge in [-0.2, -0.15) is 9.50 Å². The van der Waals surface area contributed by atoms with Crippen LogP contribution in [0.3, 0.4) is 0 Å². The molecule has 5 aromatic rings. The highest BCUT2D eigenvalue weighted by atomic mass is 35.5. The zero-order valence-corrected chi connectivity index (χ0v) is 18.0. The summed E-state index contributed by atoms with van der Waals surface area (Å²) in [6.45, 7) is 0.280. The Morgan fingerprint density at radius 1 is 1.06 bits per heavy atom. The average Bonchev–Trinajstić information content (AvgIpc) is 3.52. The number of hydrogen-bond acceptors (Lipinski definition) is 7. The summed E-state index contributed by atoms with van der Waals surface area (Å²) in [6.07, 6.45) is 1.22. The predicted molar refractivity (Wildman–Crippen MR) is 120 cm³/mol. The van der Waals surface area contributed by atoms with E-state index in [4.69, 9.17) is 25.5 Å². The zero-order chi connectivity index (χ0) is 21.7. The summed E-state index contributed by atoms with van der Waals surface area (Å²) in [5, 5.41) is 5.03. The molecular formula is C23H14ClN3O4S. The van der Waals surface area contributed by atoms with E-state index < -0.39 is 6.10 Å². The van der Waals surface area contributed by atoms with E-state index in [0.717, 1.165) is 5.56 Å². The maximum absolute atomic E-state index is 12.9. The number of rotatable bonds is 3. The number of thiazole rings is 1. The number of fused-ring (bicyclic) bond motifs is 2. The Morgan fingerprint density at radius 3 is 2.69 bits per heavy atom. The molecule has 0 amide bonds. The highest BCUT2D eigenvalue weighted by Crippen LogP contribution is 2.35. The van der Waals surface area contributed by atoms with E-state index in [1.807, 2.05) is 48.5 Å². The summed E-state index contributed by atoms with van der Waals surface area (Å²) in [6, 6.07) is 18.5. The van der Waals surface area contributed by atoms with E-state index >= 15 is 0 Å². The van der Waals surface area contributed by atoms with Crippen molar-refractivity contribution in [2.75, 3.05) is 6.61 Å². The van der Waals surface area contributed by atoms with Crippen LogP contribution in [0.25, 0.3) is 22.4 Å². The van der Waals surface area contributed by atoms with Gasteiger partial charge in [0.2, 0.25) is 4.96 Å². The molecule has 0 bridgehead atoms. The van der Waals surface area contributed by atoms with Gasteiger partial charge in [-0.15, -0.1) is 5.10 Å².